The molecule has 5 nitrogen and oxygen atoms in total. The molecule has 0 radical (unpaired) electrons. The first-order valence-electron chi connectivity index (χ1n) is 7.43. The second-order valence-corrected chi connectivity index (χ2v) is 8.06. The van der Waals surface area contributed by atoms with Gasteiger partial charge in [-0.05, 0) is 18.2 Å². The van der Waals surface area contributed by atoms with Crippen LogP contribution < -0.4 is 4.72 Å². The Morgan fingerprint density at radius 3 is 2.50 bits per heavy atom. The number of aromatic amines is 1. The molecule has 0 aliphatic carbocycles. The van der Waals surface area contributed by atoms with Gasteiger partial charge in [-0.15, -0.1) is 11.3 Å². The number of fused-ring (bicyclic) bond motifs is 1. The van der Waals surface area contributed by atoms with Gasteiger partial charge < -0.3 is 4.98 Å². The molecule has 0 atom stereocenters. The third-order valence-corrected chi connectivity index (χ3v) is 6.01. The number of anilines is 1. The zero-order valence-electron chi connectivity index (χ0n) is 13.0. The van der Waals surface area contributed by atoms with Gasteiger partial charge in [0, 0.05) is 34.8 Å². The highest BCUT2D eigenvalue weighted by Crippen LogP contribution is 2.28. The number of hydrogen-bond donors (Lipinski definition) is 2. The molecule has 26 heavy (non-hydrogen) atoms. The third-order valence-electron chi connectivity index (χ3n) is 3.81. The van der Waals surface area contributed by atoms with Gasteiger partial charge in [0.2, 0.25) is 0 Å². The van der Waals surface area contributed by atoms with Crippen molar-refractivity contribution in [2.75, 3.05) is 4.72 Å². The molecule has 2 N–H and O–H groups in total. The van der Waals surface area contributed by atoms with E-state index in [-0.39, 0.29) is 16.0 Å². The van der Waals surface area contributed by atoms with E-state index in [0.717, 1.165) is 22.7 Å². The number of hydrogen-bond acceptors (Lipinski definition) is 4. The maximum Gasteiger partial charge on any atom is 0.261 e. The van der Waals surface area contributed by atoms with Gasteiger partial charge in [-0.3, -0.25) is 4.72 Å². The van der Waals surface area contributed by atoms with Crippen molar-refractivity contribution in [3.63, 3.8) is 0 Å². The van der Waals surface area contributed by atoms with Crippen LogP contribution in [0.15, 0.2) is 59.1 Å². The highest BCUT2D eigenvalue weighted by Gasteiger charge is 2.18. The average Bonchev–Trinajstić information content (AvgIpc) is 3.27. The lowest BCUT2D eigenvalue weighted by Gasteiger charge is -2.08. The minimum atomic E-state index is -3.89. The van der Waals surface area contributed by atoms with Crippen LogP contribution in [-0.4, -0.2) is 18.4 Å². The Bertz CT molecular complexity index is 1180. The Hall–Kier alpha value is -2.78. The average molecular weight is 391 g/mol. The molecule has 0 aliphatic heterocycles. The smallest absolute Gasteiger partial charge is 0.261 e. The van der Waals surface area contributed by atoms with E-state index in [0.29, 0.717) is 5.52 Å². The largest absolute Gasteiger partial charge is 0.359 e. The van der Waals surface area contributed by atoms with Gasteiger partial charge in [-0.25, -0.2) is 22.2 Å². The van der Waals surface area contributed by atoms with E-state index in [2.05, 4.69) is 14.7 Å². The summed E-state index contributed by atoms with van der Waals surface area (Å²) < 4.78 is 54.3. The van der Waals surface area contributed by atoms with E-state index in [1.807, 2.05) is 5.38 Å². The summed E-state index contributed by atoms with van der Waals surface area (Å²) in [6.45, 7) is 0. The van der Waals surface area contributed by atoms with E-state index < -0.39 is 21.7 Å². The normalized spacial score (nSPS) is 11.8. The first kappa shape index (κ1) is 16.7. The molecule has 0 bridgehead atoms. The number of thiazole rings is 1. The van der Waals surface area contributed by atoms with Gasteiger partial charge in [0.1, 0.15) is 5.01 Å². The summed E-state index contributed by atoms with van der Waals surface area (Å²) in [5.74, 6) is -2.06. The number of aromatic nitrogens is 2. The third kappa shape index (κ3) is 2.95. The van der Waals surface area contributed by atoms with Crippen LogP contribution in [0.3, 0.4) is 0 Å². The molecule has 0 saturated heterocycles. The summed E-state index contributed by atoms with van der Waals surface area (Å²) in [6.07, 6.45) is 3.02. The molecule has 0 spiro atoms. The molecule has 0 saturated carbocycles. The molecule has 2 aromatic heterocycles. The van der Waals surface area contributed by atoms with Gasteiger partial charge in [-0.1, -0.05) is 12.1 Å². The van der Waals surface area contributed by atoms with Crippen LogP contribution in [0.25, 0.3) is 21.5 Å². The zero-order valence-corrected chi connectivity index (χ0v) is 14.7. The van der Waals surface area contributed by atoms with Crippen molar-refractivity contribution in [1.82, 2.24) is 9.97 Å². The molecule has 4 rings (SSSR count). The zero-order chi connectivity index (χ0) is 18.3. The lowest BCUT2D eigenvalue weighted by molar-refractivity contribution is 0.511. The second kappa shape index (κ2) is 6.19. The molecule has 0 amide bonds. The second-order valence-electron chi connectivity index (χ2n) is 5.48. The molecule has 9 heteroatoms. The van der Waals surface area contributed by atoms with Crippen LogP contribution in [0.4, 0.5) is 14.5 Å². The fraction of sp³-hybridized carbons (Fsp3) is 0. The van der Waals surface area contributed by atoms with Gasteiger partial charge in [0.05, 0.1) is 16.1 Å². The highest BCUT2D eigenvalue weighted by molar-refractivity contribution is 7.92. The van der Waals surface area contributed by atoms with E-state index >= 15 is 0 Å². The van der Waals surface area contributed by atoms with Crippen molar-refractivity contribution in [2.45, 2.75) is 4.90 Å². The highest BCUT2D eigenvalue weighted by atomic mass is 32.2. The Morgan fingerprint density at radius 1 is 1.08 bits per heavy atom. The van der Waals surface area contributed by atoms with Crippen LogP contribution in [0.1, 0.15) is 0 Å². The van der Waals surface area contributed by atoms with E-state index in [1.165, 1.54) is 29.7 Å². The summed E-state index contributed by atoms with van der Waals surface area (Å²) >= 11 is 1.45. The first-order chi connectivity index (χ1) is 12.4. The lowest BCUT2D eigenvalue weighted by Crippen LogP contribution is -2.12. The van der Waals surface area contributed by atoms with Crippen LogP contribution >= 0.6 is 11.3 Å². The maximum atomic E-state index is 13.5. The number of halogens is 2. The molecular weight excluding hydrogens is 380 g/mol. The Kier molecular flexibility index (Phi) is 3.97. The number of nitrogens with one attached hydrogen (secondary N) is 2. The quantitative estimate of drug-likeness (QED) is 0.542. The van der Waals surface area contributed by atoms with Crippen LogP contribution in [0.5, 0.6) is 0 Å². The summed E-state index contributed by atoms with van der Waals surface area (Å²) in [4.78, 5) is 6.94. The topological polar surface area (TPSA) is 74.8 Å². The number of sulfonamides is 1. The van der Waals surface area contributed by atoms with Crippen LogP contribution in [0.2, 0.25) is 0 Å². The lowest BCUT2D eigenvalue weighted by atomic mass is 10.2. The van der Waals surface area contributed by atoms with Gasteiger partial charge in [0.15, 0.2) is 11.6 Å². The predicted molar refractivity (Wildman–Crippen MR) is 96.6 cm³/mol. The summed E-state index contributed by atoms with van der Waals surface area (Å²) in [5, 5.41) is 2.86. The molecule has 4 aromatic rings. The van der Waals surface area contributed by atoms with E-state index in [9.17, 15) is 17.2 Å². The fourth-order valence-corrected chi connectivity index (χ4v) is 4.26. The molecule has 0 aliphatic rings. The van der Waals surface area contributed by atoms with Gasteiger partial charge >= 0.3 is 0 Å². The van der Waals surface area contributed by atoms with Crippen molar-refractivity contribution >= 4 is 38.0 Å². The maximum absolute atomic E-state index is 13.5. The Balaban J connectivity index is 1.66. The molecular formula is C17H11F2N3O2S2. The van der Waals surface area contributed by atoms with Crippen molar-refractivity contribution in [3.05, 3.63) is 65.8 Å². The molecule has 132 valence electrons. The molecule has 2 heterocycles. The number of benzene rings is 2. The molecule has 2 aromatic carbocycles. The molecule has 0 unspecified atom stereocenters. The first-order valence-corrected chi connectivity index (χ1v) is 9.79. The van der Waals surface area contributed by atoms with Gasteiger partial charge in [0.25, 0.3) is 10.0 Å². The van der Waals surface area contributed by atoms with Crippen LogP contribution in [-0.2, 0) is 10.0 Å². The number of H-pyrrole nitrogens is 1. The van der Waals surface area contributed by atoms with Crippen molar-refractivity contribution in [3.8, 4) is 10.6 Å². The Morgan fingerprint density at radius 2 is 1.81 bits per heavy atom. The summed E-state index contributed by atoms with van der Waals surface area (Å²) in [6, 6.07) is 8.19. The van der Waals surface area contributed by atoms with Crippen molar-refractivity contribution in [1.29, 1.82) is 0 Å². The van der Waals surface area contributed by atoms with Gasteiger partial charge in [-0.2, -0.15) is 0 Å². The summed E-state index contributed by atoms with van der Waals surface area (Å²) in [5.41, 5.74) is 1.24. The predicted octanol–water partition coefficient (Wildman–Crippen LogP) is 4.37. The Labute approximate surface area is 151 Å². The van der Waals surface area contributed by atoms with Crippen LogP contribution in [0, 0.1) is 11.6 Å². The minimum Gasteiger partial charge on any atom is -0.359 e. The number of rotatable bonds is 4. The number of nitrogens with zero attached hydrogens (tertiary/aromatic N) is 1. The monoisotopic (exact) mass is 391 g/mol. The minimum absolute atomic E-state index is 0.0507. The standard InChI is InChI=1S/C17H11F2N3O2S2/c18-13-7-12-15(8-14(13)19)21-9-16(12)22-26(23,24)11-3-1-10(2-4-11)17-20-5-6-25-17/h1-9,21-22H. The van der Waals surface area contributed by atoms with Crippen molar-refractivity contribution in [2.24, 2.45) is 0 Å². The molecule has 0 fully saturated rings. The van der Waals surface area contributed by atoms with Crippen molar-refractivity contribution < 1.29 is 17.2 Å². The van der Waals surface area contributed by atoms with E-state index in [1.54, 1.807) is 18.3 Å². The fourth-order valence-electron chi connectivity index (χ4n) is 2.55. The SMILES string of the molecule is O=S(=O)(Nc1c[nH]c2cc(F)c(F)cc12)c1ccc(-c2nccs2)cc1. The summed E-state index contributed by atoms with van der Waals surface area (Å²) in [7, 11) is -3.89. The van der Waals surface area contributed by atoms with E-state index in [4.69, 9.17) is 0 Å².